The molecule has 2 heteroatoms. The third-order valence-electron chi connectivity index (χ3n) is 4.06. The first-order valence-corrected chi connectivity index (χ1v) is 7.79. The second kappa shape index (κ2) is 5.39. The lowest BCUT2D eigenvalue weighted by Crippen LogP contribution is -2.04. The van der Waals surface area contributed by atoms with Gasteiger partial charge < -0.3 is 4.57 Å². The highest BCUT2D eigenvalue weighted by molar-refractivity contribution is 7.72. The Morgan fingerprint density at radius 2 is 1.14 bits per heavy atom. The second-order valence-corrected chi connectivity index (χ2v) is 5.84. The van der Waals surface area contributed by atoms with E-state index in [1.165, 1.54) is 16.6 Å². The zero-order chi connectivity index (χ0) is 14.9. The molecule has 106 valence electrons. The van der Waals surface area contributed by atoms with Crippen LogP contribution in [0.1, 0.15) is 5.56 Å². The number of hydrogen-bond donors (Lipinski definition) is 0. The lowest BCUT2D eigenvalue weighted by atomic mass is 10.1. The van der Waals surface area contributed by atoms with Crippen LogP contribution in [0.15, 0.2) is 78.9 Å². The van der Waals surface area contributed by atoms with Gasteiger partial charge in [-0.05, 0) is 17.7 Å². The Kier molecular flexibility index (Phi) is 3.24. The van der Waals surface area contributed by atoms with Crippen molar-refractivity contribution in [1.29, 1.82) is 0 Å². The molecule has 0 fully saturated rings. The maximum Gasteiger partial charge on any atom is 0.0563 e. The molecule has 0 bridgehead atoms. The van der Waals surface area contributed by atoms with E-state index in [1.54, 1.807) is 0 Å². The van der Waals surface area contributed by atoms with Crippen LogP contribution in [0.25, 0.3) is 21.8 Å². The Balaban J connectivity index is 2.09. The molecule has 0 unspecified atom stereocenters. The van der Waals surface area contributed by atoms with E-state index < -0.39 is 0 Å². The number of nitrogens with zero attached hydrogens (tertiary/aromatic N) is 1. The van der Waals surface area contributed by atoms with Gasteiger partial charge in [0.15, 0.2) is 0 Å². The molecule has 0 aliphatic carbocycles. The molecule has 0 N–H and O–H groups in total. The zero-order valence-corrected chi connectivity index (χ0v) is 12.9. The predicted octanol–water partition coefficient (Wildman–Crippen LogP) is 5.57. The summed E-state index contributed by atoms with van der Waals surface area (Å²) in [5.41, 5.74) is 3.67. The molecule has 1 heterocycles. The van der Waals surface area contributed by atoms with Gasteiger partial charge in [-0.2, -0.15) is 0 Å². The van der Waals surface area contributed by atoms with Gasteiger partial charge in [0.1, 0.15) is 0 Å². The summed E-state index contributed by atoms with van der Waals surface area (Å²) in [6.07, 6.45) is 0. The van der Waals surface area contributed by atoms with E-state index in [4.69, 9.17) is 12.2 Å². The van der Waals surface area contributed by atoms with Gasteiger partial charge in [0, 0.05) is 17.3 Å². The molecule has 3 aromatic carbocycles. The minimum Gasteiger partial charge on any atom is -0.336 e. The maximum absolute atomic E-state index is 5.71. The van der Waals surface area contributed by atoms with Crippen molar-refractivity contribution < 1.29 is 0 Å². The summed E-state index contributed by atoms with van der Waals surface area (Å²) in [6, 6.07) is 27.4. The third kappa shape index (κ3) is 2.13. The topological polar surface area (TPSA) is 4.93 Å². The van der Waals surface area contributed by atoms with E-state index in [9.17, 15) is 0 Å². The van der Waals surface area contributed by atoms with Gasteiger partial charge in [-0.3, -0.25) is 0 Å². The van der Waals surface area contributed by atoms with Crippen molar-refractivity contribution in [1.82, 2.24) is 4.57 Å². The van der Waals surface area contributed by atoms with E-state index in [2.05, 4.69) is 83.4 Å². The molecule has 0 aliphatic rings. The number of fused-ring (bicyclic) bond motifs is 2. The minimum atomic E-state index is 0.845. The van der Waals surface area contributed by atoms with Gasteiger partial charge in [-0.1, -0.05) is 78.9 Å². The van der Waals surface area contributed by atoms with Gasteiger partial charge in [-0.15, -0.1) is 0 Å². The highest BCUT2D eigenvalue weighted by Crippen LogP contribution is 2.26. The Morgan fingerprint density at radius 3 is 1.73 bits per heavy atom. The van der Waals surface area contributed by atoms with Crippen molar-refractivity contribution in [3.05, 3.63) is 88.9 Å². The van der Waals surface area contributed by atoms with E-state index in [-0.39, 0.29) is 0 Å². The van der Waals surface area contributed by atoms with Crippen LogP contribution in [0, 0.1) is 4.51 Å². The SMILES string of the molecule is S=c1c2ccccc2n(Cc2ccccc2)c2ccccc12. The van der Waals surface area contributed by atoms with Crippen molar-refractivity contribution in [3.63, 3.8) is 0 Å². The lowest BCUT2D eigenvalue weighted by molar-refractivity contribution is 0.863. The molecule has 0 saturated heterocycles. The van der Waals surface area contributed by atoms with Crippen LogP contribution in [0.2, 0.25) is 0 Å². The molecular weight excluding hydrogens is 286 g/mol. The summed E-state index contributed by atoms with van der Waals surface area (Å²) in [7, 11) is 0. The molecule has 0 aliphatic heterocycles. The van der Waals surface area contributed by atoms with Crippen LogP contribution >= 0.6 is 12.2 Å². The van der Waals surface area contributed by atoms with E-state index in [0.717, 1.165) is 21.8 Å². The van der Waals surface area contributed by atoms with Crippen LogP contribution in [0.3, 0.4) is 0 Å². The smallest absolute Gasteiger partial charge is 0.0563 e. The third-order valence-corrected chi connectivity index (χ3v) is 4.50. The number of aromatic nitrogens is 1. The maximum atomic E-state index is 5.71. The van der Waals surface area contributed by atoms with Crippen molar-refractivity contribution >= 4 is 34.0 Å². The van der Waals surface area contributed by atoms with Crippen LogP contribution in [-0.2, 0) is 6.54 Å². The zero-order valence-electron chi connectivity index (χ0n) is 12.1. The predicted molar refractivity (Wildman–Crippen MR) is 95.8 cm³/mol. The van der Waals surface area contributed by atoms with Crippen molar-refractivity contribution in [2.24, 2.45) is 0 Å². The highest BCUT2D eigenvalue weighted by atomic mass is 32.1. The van der Waals surface area contributed by atoms with E-state index >= 15 is 0 Å². The van der Waals surface area contributed by atoms with Crippen molar-refractivity contribution in [3.8, 4) is 0 Å². The molecule has 1 nitrogen and oxygen atoms in total. The average Bonchev–Trinajstić information content (AvgIpc) is 2.59. The van der Waals surface area contributed by atoms with Gasteiger partial charge in [0.25, 0.3) is 0 Å². The Labute approximate surface area is 134 Å². The van der Waals surface area contributed by atoms with Gasteiger partial charge in [0.05, 0.1) is 15.5 Å². The Hall–Kier alpha value is -2.45. The summed E-state index contributed by atoms with van der Waals surface area (Å²) in [4.78, 5) is 0. The monoisotopic (exact) mass is 301 g/mol. The quantitative estimate of drug-likeness (QED) is 0.346. The molecule has 4 aromatic rings. The lowest BCUT2D eigenvalue weighted by Gasteiger charge is -2.16. The summed E-state index contributed by atoms with van der Waals surface area (Å²) in [6.45, 7) is 0.845. The summed E-state index contributed by atoms with van der Waals surface area (Å²) in [5, 5.41) is 2.29. The fourth-order valence-corrected chi connectivity index (χ4v) is 3.36. The number of para-hydroxylation sites is 2. The molecule has 0 saturated carbocycles. The van der Waals surface area contributed by atoms with E-state index in [0.29, 0.717) is 0 Å². The molecule has 0 radical (unpaired) electrons. The first-order valence-electron chi connectivity index (χ1n) is 7.39. The van der Waals surface area contributed by atoms with E-state index in [1.807, 2.05) is 0 Å². The van der Waals surface area contributed by atoms with Crippen LogP contribution in [0.4, 0.5) is 0 Å². The molecule has 1 aromatic heterocycles. The van der Waals surface area contributed by atoms with Gasteiger partial charge in [0.2, 0.25) is 0 Å². The molecule has 4 rings (SSSR count). The number of pyridine rings is 1. The number of rotatable bonds is 2. The summed E-state index contributed by atoms with van der Waals surface area (Å²) >= 11 is 5.71. The first kappa shape index (κ1) is 13.2. The van der Waals surface area contributed by atoms with Gasteiger partial charge >= 0.3 is 0 Å². The van der Waals surface area contributed by atoms with Crippen molar-refractivity contribution in [2.75, 3.05) is 0 Å². The Morgan fingerprint density at radius 1 is 0.636 bits per heavy atom. The summed E-state index contributed by atoms with van der Waals surface area (Å²) < 4.78 is 3.30. The van der Waals surface area contributed by atoms with Crippen LogP contribution < -0.4 is 0 Å². The normalized spacial score (nSPS) is 11.1. The molecule has 22 heavy (non-hydrogen) atoms. The largest absolute Gasteiger partial charge is 0.336 e. The fraction of sp³-hybridized carbons (Fsp3) is 0.0500. The first-order chi connectivity index (χ1) is 10.8. The highest BCUT2D eigenvalue weighted by Gasteiger charge is 2.08. The standard InChI is InChI=1S/C20H15NS/c22-20-16-10-4-6-12-18(16)21(14-15-8-2-1-3-9-15)19-13-7-5-11-17(19)20/h1-13H,14H2. The average molecular weight is 301 g/mol. The van der Waals surface area contributed by atoms with Crippen molar-refractivity contribution in [2.45, 2.75) is 6.54 Å². The second-order valence-electron chi connectivity index (χ2n) is 5.44. The van der Waals surface area contributed by atoms with Crippen LogP contribution in [0.5, 0.6) is 0 Å². The minimum absolute atomic E-state index is 0.845. The number of hydrogen-bond acceptors (Lipinski definition) is 1. The summed E-state index contributed by atoms with van der Waals surface area (Å²) in [5.74, 6) is 0. The molecule has 0 atom stereocenters. The number of benzene rings is 3. The molecular formula is C20H15NS. The van der Waals surface area contributed by atoms with Crippen LogP contribution in [-0.4, -0.2) is 4.57 Å². The molecule has 0 spiro atoms. The molecule has 0 amide bonds. The Bertz CT molecular complexity index is 956. The van der Waals surface area contributed by atoms with Gasteiger partial charge in [-0.25, -0.2) is 0 Å². The fourth-order valence-electron chi connectivity index (χ4n) is 3.01.